The smallest absolute Gasteiger partial charge is 0.389 e. The van der Waals surface area contributed by atoms with Crippen molar-refractivity contribution >= 4 is 23.2 Å². The highest BCUT2D eigenvalue weighted by atomic mass is 35.5. The molecular weight excluding hydrogens is 281 g/mol. The average Bonchev–Trinajstić information content (AvgIpc) is 2.30. The predicted octanol–water partition coefficient (Wildman–Crippen LogP) is 3.38. The van der Waals surface area contributed by atoms with Crippen LogP contribution in [0, 0.1) is 0 Å². The lowest BCUT2D eigenvalue weighted by atomic mass is 10.2. The summed E-state index contributed by atoms with van der Waals surface area (Å²) < 4.78 is 35.6. The number of unbranched alkanes of at least 4 members (excludes halogenated alkanes) is 1. The zero-order valence-electron chi connectivity index (χ0n) is 10.1. The maximum absolute atomic E-state index is 11.9. The van der Waals surface area contributed by atoms with Crippen LogP contribution < -0.4 is 11.1 Å². The highest BCUT2D eigenvalue weighted by molar-refractivity contribution is 6.33. The first-order chi connectivity index (χ1) is 8.79. The summed E-state index contributed by atoms with van der Waals surface area (Å²) >= 11 is 5.71. The number of benzene rings is 1. The average molecular weight is 295 g/mol. The molecule has 7 heteroatoms. The second-order valence-corrected chi connectivity index (χ2v) is 4.47. The summed E-state index contributed by atoms with van der Waals surface area (Å²) in [5, 5.41) is 2.88. The monoisotopic (exact) mass is 294 g/mol. The lowest BCUT2D eigenvalue weighted by Gasteiger charge is -2.08. The van der Waals surface area contributed by atoms with Gasteiger partial charge in [-0.3, -0.25) is 4.79 Å². The third kappa shape index (κ3) is 5.83. The van der Waals surface area contributed by atoms with Gasteiger partial charge in [0.05, 0.1) is 10.7 Å². The molecule has 0 radical (unpaired) electrons. The fourth-order valence-electron chi connectivity index (χ4n) is 1.44. The molecule has 0 aliphatic rings. The van der Waals surface area contributed by atoms with Gasteiger partial charge in [0.1, 0.15) is 0 Å². The topological polar surface area (TPSA) is 55.1 Å². The summed E-state index contributed by atoms with van der Waals surface area (Å²) in [6.07, 6.45) is -4.72. The van der Waals surface area contributed by atoms with Crippen LogP contribution in [0.3, 0.4) is 0 Å². The minimum absolute atomic E-state index is 0.00740. The van der Waals surface area contributed by atoms with Gasteiger partial charge in [-0.05, 0) is 31.0 Å². The van der Waals surface area contributed by atoms with E-state index in [2.05, 4.69) is 5.32 Å². The number of anilines is 1. The van der Waals surface area contributed by atoms with Gasteiger partial charge in [0.25, 0.3) is 5.91 Å². The SMILES string of the molecule is Nc1cc(C(=O)NCCCCC(F)(F)F)ccc1Cl. The van der Waals surface area contributed by atoms with Crippen LogP contribution in [0.25, 0.3) is 0 Å². The molecule has 1 aromatic rings. The van der Waals surface area contributed by atoms with Gasteiger partial charge >= 0.3 is 6.18 Å². The van der Waals surface area contributed by atoms with Crippen LogP contribution in [0.4, 0.5) is 18.9 Å². The number of amides is 1. The summed E-state index contributed by atoms with van der Waals surface area (Å²) in [5.41, 5.74) is 6.16. The standard InChI is InChI=1S/C12H14ClF3N2O/c13-9-4-3-8(7-10(9)17)11(19)18-6-2-1-5-12(14,15)16/h3-4,7H,1-2,5-6,17H2,(H,18,19). The molecule has 0 aliphatic heterocycles. The number of hydrogen-bond donors (Lipinski definition) is 2. The molecule has 3 N–H and O–H groups in total. The molecule has 1 aromatic carbocycles. The first-order valence-corrected chi connectivity index (χ1v) is 6.07. The van der Waals surface area contributed by atoms with Gasteiger partial charge < -0.3 is 11.1 Å². The Balaban J connectivity index is 2.33. The van der Waals surface area contributed by atoms with E-state index in [1.54, 1.807) is 0 Å². The summed E-state index contributed by atoms with van der Waals surface area (Å²) in [6.45, 7) is 0.192. The number of carbonyl (C=O) groups is 1. The van der Waals surface area contributed by atoms with Crippen molar-refractivity contribution in [2.24, 2.45) is 0 Å². The Hall–Kier alpha value is -1.43. The molecule has 0 fully saturated rings. The molecule has 106 valence electrons. The molecule has 0 saturated carbocycles. The molecule has 0 atom stereocenters. The van der Waals surface area contributed by atoms with E-state index in [9.17, 15) is 18.0 Å². The fourth-order valence-corrected chi connectivity index (χ4v) is 1.56. The molecule has 1 amide bonds. The first-order valence-electron chi connectivity index (χ1n) is 5.69. The van der Waals surface area contributed by atoms with Crippen LogP contribution in [0.15, 0.2) is 18.2 Å². The van der Waals surface area contributed by atoms with E-state index in [1.807, 2.05) is 0 Å². The van der Waals surface area contributed by atoms with Gasteiger partial charge in [-0.25, -0.2) is 0 Å². The van der Waals surface area contributed by atoms with Gasteiger partial charge in [0.2, 0.25) is 0 Å². The molecule has 0 aliphatic carbocycles. The number of nitrogens with two attached hydrogens (primary N) is 1. The largest absolute Gasteiger partial charge is 0.398 e. The van der Waals surface area contributed by atoms with Gasteiger partial charge in [0, 0.05) is 18.5 Å². The molecule has 0 bridgehead atoms. The van der Waals surface area contributed by atoms with Crippen LogP contribution in [-0.2, 0) is 0 Å². The third-order valence-corrected chi connectivity index (χ3v) is 2.77. The van der Waals surface area contributed by atoms with E-state index < -0.39 is 12.6 Å². The van der Waals surface area contributed by atoms with Gasteiger partial charge in [-0.15, -0.1) is 0 Å². The van der Waals surface area contributed by atoms with Crippen LogP contribution >= 0.6 is 11.6 Å². The van der Waals surface area contributed by atoms with E-state index in [0.29, 0.717) is 10.6 Å². The van der Waals surface area contributed by atoms with Crippen molar-refractivity contribution in [1.29, 1.82) is 0 Å². The zero-order chi connectivity index (χ0) is 14.5. The molecule has 3 nitrogen and oxygen atoms in total. The quantitative estimate of drug-likeness (QED) is 0.646. The van der Waals surface area contributed by atoms with Crippen molar-refractivity contribution in [3.8, 4) is 0 Å². The predicted molar refractivity (Wildman–Crippen MR) is 68.1 cm³/mol. The Bertz CT molecular complexity index is 449. The Labute approximate surface area is 113 Å². The number of alkyl halides is 3. The minimum atomic E-state index is -4.14. The van der Waals surface area contributed by atoms with E-state index >= 15 is 0 Å². The lowest BCUT2D eigenvalue weighted by Crippen LogP contribution is -2.24. The van der Waals surface area contributed by atoms with Crippen LogP contribution in [0.5, 0.6) is 0 Å². The maximum atomic E-state index is 11.9. The van der Waals surface area contributed by atoms with Crippen molar-refractivity contribution in [2.75, 3.05) is 12.3 Å². The Morgan fingerprint density at radius 3 is 2.58 bits per heavy atom. The van der Waals surface area contributed by atoms with Gasteiger partial charge in [-0.1, -0.05) is 11.6 Å². The summed E-state index contributed by atoms with van der Waals surface area (Å²) in [6, 6.07) is 4.42. The molecule has 19 heavy (non-hydrogen) atoms. The van der Waals surface area contributed by atoms with Crippen molar-refractivity contribution in [1.82, 2.24) is 5.32 Å². The van der Waals surface area contributed by atoms with Gasteiger partial charge in [-0.2, -0.15) is 13.2 Å². The maximum Gasteiger partial charge on any atom is 0.389 e. The lowest BCUT2D eigenvalue weighted by molar-refractivity contribution is -0.135. The van der Waals surface area contributed by atoms with Gasteiger partial charge in [0.15, 0.2) is 0 Å². The number of nitrogen functional groups attached to an aromatic ring is 1. The Morgan fingerprint density at radius 2 is 2.00 bits per heavy atom. The number of carbonyl (C=O) groups excluding carboxylic acids is 1. The summed E-state index contributed by atoms with van der Waals surface area (Å²) in [5.74, 6) is -0.379. The molecule has 0 aromatic heterocycles. The van der Waals surface area contributed by atoms with Crippen molar-refractivity contribution in [3.05, 3.63) is 28.8 Å². The number of rotatable bonds is 5. The minimum Gasteiger partial charge on any atom is -0.398 e. The fraction of sp³-hybridized carbons (Fsp3) is 0.417. The summed E-state index contributed by atoms with van der Waals surface area (Å²) in [7, 11) is 0. The molecule has 0 saturated heterocycles. The van der Waals surface area contributed by atoms with E-state index in [1.165, 1.54) is 18.2 Å². The molecular formula is C12H14ClF3N2O. The molecule has 0 unspecified atom stereocenters. The second-order valence-electron chi connectivity index (χ2n) is 4.06. The van der Waals surface area contributed by atoms with Crippen LogP contribution in [0.1, 0.15) is 29.6 Å². The van der Waals surface area contributed by atoms with Crippen molar-refractivity contribution < 1.29 is 18.0 Å². The third-order valence-electron chi connectivity index (χ3n) is 2.43. The van der Waals surface area contributed by atoms with E-state index in [4.69, 9.17) is 17.3 Å². The summed E-state index contributed by atoms with van der Waals surface area (Å²) in [4.78, 5) is 11.6. The Kier molecular flexibility index (Phi) is 5.47. The second kappa shape index (κ2) is 6.65. The van der Waals surface area contributed by atoms with E-state index in [-0.39, 0.29) is 31.0 Å². The van der Waals surface area contributed by atoms with Crippen LogP contribution in [0.2, 0.25) is 5.02 Å². The normalized spacial score (nSPS) is 11.4. The number of hydrogen-bond acceptors (Lipinski definition) is 2. The molecule has 0 spiro atoms. The molecule has 0 heterocycles. The highest BCUT2D eigenvalue weighted by Crippen LogP contribution is 2.22. The number of nitrogens with one attached hydrogen (secondary N) is 1. The highest BCUT2D eigenvalue weighted by Gasteiger charge is 2.25. The first kappa shape index (κ1) is 15.6. The van der Waals surface area contributed by atoms with E-state index in [0.717, 1.165) is 0 Å². The zero-order valence-corrected chi connectivity index (χ0v) is 10.8. The molecule has 1 rings (SSSR count). The Morgan fingerprint density at radius 1 is 1.32 bits per heavy atom. The van der Waals surface area contributed by atoms with Crippen LogP contribution in [-0.4, -0.2) is 18.6 Å². The van der Waals surface area contributed by atoms with Crippen molar-refractivity contribution in [3.63, 3.8) is 0 Å². The van der Waals surface area contributed by atoms with Crippen molar-refractivity contribution in [2.45, 2.75) is 25.4 Å². The number of halogens is 4.